The topological polar surface area (TPSA) is 53.0 Å². The molecule has 0 saturated carbocycles. The number of hydrogen-bond acceptors (Lipinski definition) is 4. The third kappa shape index (κ3) is 3.85. The summed E-state index contributed by atoms with van der Waals surface area (Å²) in [7, 11) is 3.64. The van der Waals surface area contributed by atoms with Crippen molar-refractivity contribution in [2.45, 2.75) is 18.4 Å². The zero-order valence-electron chi connectivity index (χ0n) is 16.7. The van der Waals surface area contributed by atoms with Gasteiger partial charge in [0.2, 0.25) is 0 Å². The monoisotopic (exact) mass is 396 g/mol. The van der Waals surface area contributed by atoms with Crippen LogP contribution in [0.5, 0.6) is 5.75 Å². The van der Waals surface area contributed by atoms with Gasteiger partial charge in [-0.25, -0.2) is 4.39 Å². The Kier molecular flexibility index (Phi) is 5.04. The van der Waals surface area contributed by atoms with E-state index in [1.807, 2.05) is 49.3 Å². The van der Waals surface area contributed by atoms with Gasteiger partial charge in [-0.05, 0) is 35.4 Å². The molecule has 2 aromatic carbocycles. The summed E-state index contributed by atoms with van der Waals surface area (Å²) in [6, 6.07) is 13.1. The van der Waals surface area contributed by atoms with Crippen molar-refractivity contribution in [2.24, 2.45) is 0 Å². The van der Waals surface area contributed by atoms with E-state index < -0.39 is 11.6 Å². The van der Waals surface area contributed by atoms with Crippen molar-refractivity contribution < 1.29 is 19.0 Å². The molecule has 0 bridgehead atoms. The molecule has 4 rings (SSSR count). The lowest BCUT2D eigenvalue weighted by Gasteiger charge is -2.42. The number of fused-ring (bicyclic) bond motifs is 1. The first-order valence-corrected chi connectivity index (χ1v) is 9.80. The summed E-state index contributed by atoms with van der Waals surface area (Å²) in [5.74, 6) is -0.292. The van der Waals surface area contributed by atoms with E-state index in [2.05, 4.69) is 6.08 Å². The van der Waals surface area contributed by atoms with Gasteiger partial charge in [-0.3, -0.25) is 9.69 Å². The van der Waals surface area contributed by atoms with Crippen LogP contribution in [-0.4, -0.2) is 55.3 Å². The molecule has 2 aliphatic heterocycles. The first-order chi connectivity index (χ1) is 13.9. The fourth-order valence-electron chi connectivity index (χ4n) is 4.17. The summed E-state index contributed by atoms with van der Waals surface area (Å²) in [6.07, 6.45) is 3.49. The summed E-state index contributed by atoms with van der Waals surface area (Å²) >= 11 is 0. The van der Waals surface area contributed by atoms with E-state index in [0.717, 1.165) is 22.4 Å². The molecule has 2 aromatic rings. The van der Waals surface area contributed by atoms with Crippen LogP contribution in [0.25, 0.3) is 5.57 Å². The molecule has 0 amide bonds. The predicted octanol–water partition coefficient (Wildman–Crippen LogP) is 3.64. The number of nitrogens with zero attached hydrogens (tertiary/aromatic N) is 2. The summed E-state index contributed by atoms with van der Waals surface area (Å²) in [4.78, 5) is 14.7. The molecule has 6 heteroatoms. The van der Waals surface area contributed by atoms with Crippen molar-refractivity contribution in [1.29, 1.82) is 0 Å². The molecule has 5 nitrogen and oxygen atoms in total. The van der Waals surface area contributed by atoms with E-state index in [1.54, 1.807) is 17.0 Å². The SMILES string of the molecule is CN(C)c1ccc(C2=CC3(CCN(CC(=O)O)CC3)Oc3ccccc32)cc1F. The van der Waals surface area contributed by atoms with Gasteiger partial charge in [0.05, 0.1) is 12.2 Å². The highest BCUT2D eigenvalue weighted by Gasteiger charge is 2.39. The van der Waals surface area contributed by atoms with E-state index >= 15 is 0 Å². The fourth-order valence-corrected chi connectivity index (χ4v) is 4.17. The lowest BCUT2D eigenvalue weighted by atomic mass is 9.83. The Labute approximate surface area is 170 Å². The van der Waals surface area contributed by atoms with E-state index in [1.165, 1.54) is 0 Å². The van der Waals surface area contributed by atoms with Gasteiger partial charge in [0.25, 0.3) is 0 Å². The normalized spacial score (nSPS) is 18.0. The maximum absolute atomic E-state index is 14.7. The highest BCUT2D eigenvalue weighted by atomic mass is 19.1. The van der Waals surface area contributed by atoms with Crippen LogP contribution in [0.15, 0.2) is 48.5 Å². The number of ether oxygens (including phenoxy) is 1. The number of para-hydroxylation sites is 1. The van der Waals surface area contributed by atoms with Gasteiger partial charge >= 0.3 is 5.97 Å². The molecule has 0 atom stereocenters. The smallest absolute Gasteiger partial charge is 0.317 e. The summed E-state index contributed by atoms with van der Waals surface area (Å²) < 4.78 is 21.1. The fraction of sp³-hybridized carbons (Fsp3) is 0.348. The third-order valence-electron chi connectivity index (χ3n) is 5.70. The molecule has 152 valence electrons. The molecule has 29 heavy (non-hydrogen) atoms. The van der Waals surface area contributed by atoms with Gasteiger partial charge in [-0.2, -0.15) is 0 Å². The van der Waals surface area contributed by atoms with Crippen molar-refractivity contribution in [3.8, 4) is 5.75 Å². The van der Waals surface area contributed by atoms with E-state index in [9.17, 15) is 9.18 Å². The maximum atomic E-state index is 14.7. The van der Waals surface area contributed by atoms with Crippen molar-refractivity contribution >= 4 is 17.2 Å². The summed E-state index contributed by atoms with van der Waals surface area (Å²) in [6.45, 7) is 1.33. The minimum Gasteiger partial charge on any atom is -0.482 e. The second-order valence-corrected chi connectivity index (χ2v) is 7.95. The number of likely N-dealkylation sites (tertiary alicyclic amines) is 1. The van der Waals surface area contributed by atoms with Crippen molar-refractivity contribution in [1.82, 2.24) is 4.90 Å². The van der Waals surface area contributed by atoms with Gasteiger partial charge in [0, 0.05) is 45.6 Å². The Morgan fingerprint density at radius 2 is 1.93 bits per heavy atom. The van der Waals surface area contributed by atoms with Crippen molar-refractivity contribution in [3.63, 3.8) is 0 Å². The van der Waals surface area contributed by atoms with Gasteiger partial charge < -0.3 is 14.7 Å². The zero-order chi connectivity index (χ0) is 20.6. The molecule has 0 radical (unpaired) electrons. The summed E-state index contributed by atoms with van der Waals surface area (Å²) in [5.41, 5.74) is 2.77. The molecule has 2 aliphatic rings. The molecule has 2 heterocycles. The maximum Gasteiger partial charge on any atom is 0.317 e. The molecule has 0 unspecified atom stereocenters. The average Bonchev–Trinajstić information content (AvgIpc) is 2.68. The number of benzene rings is 2. The summed E-state index contributed by atoms with van der Waals surface area (Å²) in [5, 5.41) is 9.05. The largest absolute Gasteiger partial charge is 0.482 e. The molecule has 0 aliphatic carbocycles. The van der Waals surface area contributed by atoms with Crippen LogP contribution in [0.4, 0.5) is 10.1 Å². The molecular weight excluding hydrogens is 371 g/mol. The second kappa shape index (κ2) is 7.52. The first-order valence-electron chi connectivity index (χ1n) is 9.80. The van der Waals surface area contributed by atoms with Gasteiger partial charge in [-0.15, -0.1) is 0 Å². The van der Waals surface area contributed by atoms with Crippen LogP contribution >= 0.6 is 0 Å². The number of hydrogen-bond donors (Lipinski definition) is 1. The van der Waals surface area contributed by atoms with Crippen molar-refractivity contribution in [3.05, 3.63) is 65.5 Å². The molecule has 0 aromatic heterocycles. The number of aliphatic carboxylic acids is 1. The number of anilines is 1. The van der Waals surface area contributed by atoms with Crippen LogP contribution in [0.2, 0.25) is 0 Å². The van der Waals surface area contributed by atoms with Crippen LogP contribution in [-0.2, 0) is 4.79 Å². The number of carbonyl (C=O) groups is 1. The molecule has 1 saturated heterocycles. The number of rotatable bonds is 4. The Morgan fingerprint density at radius 1 is 1.21 bits per heavy atom. The quantitative estimate of drug-likeness (QED) is 0.855. The molecule has 1 spiro atoms. The number of carboxylic acids is 1. The highest BCUT2D eigenvalue weighted by Crippen LogP contribution is 2.43. The van der Waals surface area contributed by atoms with E-state index in [0.29, 0.717) is 31.6 Å². The van der Waals surface area contributed by atoms with Crippen LogP contribution in [0.3, 0.4) is 0 Å². The molecule has 1 N–H and O–H groups in total. The zero-order valence-corrected chi connectivity index (χ0v) is 16.7. The Hall–Kier alpha value is -2.86. The van der Waals surface area contributed by atoms with Gasteiger partial charge in [-0.1, -0.05) is 24.3 Å². The Bertz CT molecular complexity index is 962. The number of carboxylic acid groups (broad SMARTS) is 1. The highest BCUT2D eigenvalue weighted by molar-refractivity contribution is 5.85. The van der Waals surface area contributed by atoms with E-state index in [-0.39, 0.29) is 12.4 Å². The number of piperidine rings is 1. The lowest BCUT2D eigenvalue weighted by Crippen LogP contribution is -2.49. The van der Waals surface area contributed by atoms with Gasteiger partial charge in [0.15, 0.2) is 0 Å². The average molecular weight is 396 g/mol. The van der Waals surface area contributed by atoms with Crippen LogP contribution in [0, 0.1) is 5.82 Å². The number of halogens is 1. The predicted molar refractivity (Wildman–Crippen MR) is 111 cm³/mol. The molecular formula is C23H25FN2O3. The minimum absolute atomic E-state index is 0.0421. The van der Waals surface area contributed by atoms with E-state index in [4.69, 9.17) is 9.84 Å². The standard InChI is InChI=1S/C23H25FN2O3/c1-25(2)20-8-7-16(13-19(20)24)18-14-23(29-21-6-4-3-5-17(18)21)9-11-26(12-10-23)15-22(27)28/h3-8,13-14H,9-12,15H2,1-2H3,(H,27,28). The Balaban J connectivity index is 1.71. The Morgan fingerprint density at radius 3 is 2.59 bits per heavy atom. The minimum atomic E-state index is -0.816. The third-order valence-corrected chi connectivity index (χ3v) is 5.70. The second-order valence-electron chi connectivity index (χ2n) is 7.95. The lowest BCUT2D eigenvalue weighted by molar-refractivity contribution is -0.139. The van der Waals surface area contributed by atoms with Gasteiger partial charge in [0.1, 0.15) is 17.2 Å². The first kappa shape index (κ1) is 19.5. The van der Waals surface area contributed by atoms with Crippen LogP contribution < -0.4 is 9.64 Å². The van der Waals surface area contributed by atoms with Crippen molar-refractivity contribution in [2.75, 3.05) is 38.6 Å². The van der Waals surface area contributed by atoms with Crippen LogP contribution in [0.1, 0.15) is 24.0 Å². The molecule has 1 fully saturated rings.